The van der Waals surface area contributed by atoms with Gasteiger partial charge in [-0.15, -0.1) is 0 Å². The van der Waals surface area contributed by atoms with Crippen LogP contribution >= 0.6 is 0 Å². The van der Waals surface area contributed by atoms with Gasteiger partial charge in [0, 0.05) is 31.7 Å². The molecule has 2 rings (SSSR count). The molecule has 0 aliphatic carbocycles. The van der Waals surface area contributed by atoms with Crippen molar-refractivity contribution in [3.05, 3.63) is 0 Å². The summed E-state index contributed by atoms with van der Waals surface area (Å²) >= 11 is 0. The van der Waals surface area contributed by atoms with Crippen LogP contribution in [-0.4, -0.2) is 42.9 Å². The number of hydrogen-bond acceptors (Lipinski definition) is 2. The third-order valence-electron chi connectivity index (χ3n) is 3.23. The summed E-state index contributed by atoms with van der Waals surface area (Å²) in [6.07, 6.45) is 1.14. The highest BCUT2D eigenvalue weighted by Gasteiger charge is 2.55. The molecule has 2 fully saturated rings. The average Bonchev–Trinajstić information content (AvgIpc) is 2.24. The number of rotatable bonds is 2. The zero-order chi connectivity index (χ0) is 8.77. The lowest BCUT2D eigenvalue weighted by atomic mass is 9.80. The van der Waals surface area contributed by atoms with E-state index in [2.05, 4.69) is 11.8 Å². The highest BCUT2D eigenvalue weighted by Crippen LogP contribution is 2.45. The fraction of sp³-hybridized carbons (Fsp3) is 1.00. The maximum Gasteiger partial charge on any atom is 0.115 e. The third-order valence-corrected chi connectivity index (χ3v) is 3.23. The lowest BCUT2D eigenvalue weighted by Crippen LogP contribution is -2.63. The zero-order valence-corrected chi connectivity index (χ0v) is 7.72. The predicted molar refractivity (Wildman–Crippen MR) is 44.9 cm³/mol. The van der Waals surface area contributed by atoms with Gasteiger partial charge in [0.05, 0.1) is 6.61 Å². The van der Waals surface area contributed by atoms with Gasteiger partial charge < -0.3 is 4.74 Å². The van der Waals surface area contributed by atoms with E-state index in [1.54, 1.807) is 7.11 Å². The number of hydrogen-bond donors (Lipinski definition) is 0. The Balaban J connectivity index is 2.06. The van der Waals surface area contributed by atoms with E-state index < -0.39 is 6.17 Å². The van der Waals surface area contributed by atoms with Crippen LogP contribution in [0.1, 0.15) is 19.8 Å². The van der Waals surface area contributed by atoms with Gasteiger partial charge in [-0.3, -0.25) is 4.90 Å². The maximum absolute atomic E-state index is 13.1. The molecule has 0 bridgehead atoms. The first-order chi connectivity index (χ1) is 5.68. The maximum atomic E-state index is 13.1. The zero-order valence-electron chi connectivity index (χ0n) is 7.72. The van der Waals surface area contributed by atoms with Gasteiger partial charge in [0.2, 0.25) is 0 Å². The molecule has 70 valence electrons. The minimum Gasteiger partial charge on any atom is -0.383 e. The Kier molecular flexibility index (Phi) is 1.88. The van der Waals surface area contributed by atoms with Crippen molar-refractivity contribution in [1.82, 2.24) is 4.90 Å². The number of alkyl halides is 1. The number of fused-ring (bicyclic) bond motifs is 1. The Bertz CT molecular complexity index is 183. The minimum absolute atomic E-state index is 0.0631. The molecule has 0 amide bonds. The highest BCUT2D eigenvalue weighted by molar-refractivity contribution is 5.10. The van der Waals surface area contributed by atoms with Gasteiger partial charge in [-0.2, -0.15) is 0 Å². The number of nitrogens with zero attached hydrogens (tertiary/aromatic N) is 1. The lowest BCUT2D eigenvalue weighted by Gasteiger charge is -2.52. The van der Waals surface area contributed by atoms with Crippen molar-refractivity contribution < 1.29 is 9.13 Å². The van der Waals surface area contributed by atoms with E-state index in [9.17, 15) is 4.39 Å². The summed E-state index contributed by atoms with van der Waals surface area (Å²) in [5, 5.41) is 0. The molecule has 2 heterocycles. The summed E-state index contributed by atoms with van der Waals surface area (Å²) in [6.45, 7) is 3.47. The summed E-state index contributed by atoms with van der Waals surface area (Å²) in [5.74, 6) is 0. The molecule has 3 heteroatoms. The molecule has 2 aliphatic heterocycles. The molecule has 0 saturated carbocycles. The molecule has 0 aromatic heterocycles. The first-order valence-electron chi connectivity index (χ1n) is 4.58. The summed E-state index contributed by atoms with van der Waals surface area (Å²) in [5.41, 5.74) is 0.0631. The van der Waals surface area contributed by atoms with Crippen LogP contribution in [0.15, 0.2) is 0 Å². The Morgan fingerprint density at radius 1 is 1.58 bits per heavy atom. The SMILES string of the molecule is COC[C@]12C[C@H](F)CN1[C@H](C)C2. The fourth-order valence-electron chi connectivity index (χ4n) is 2.87. The molecule has 2 nitrogen and oxygen atoms in total. The summed E-state index contributed by atoms with van der Waals surface area (Å²) < 4.78 is 18.2. The van der Waals surface area contributed by atoms with E-state index >= 15 is 0 Å². The van der Waals surface area contributed by atoms with Crippen molar-refractivity contribution in [2.45, 2.75) is 37.5 Å². The van der Waals surface area contributed by atoms with Gasteiger partial charge in [0.25, 0.3) is 0 Å². The van der Waals surface area contributed by atoms with Crippen LogP contribution in [0.4, 0.5) is 4.39 Å². The van der Waals surface area contributed by atoms with Crippen molar-refractivity contribution in [1.29, 1.82) is 0 Å². The molecular formula is C9H16FNO. The van der Waals surface area contributed by atoms with Crippen LogP contribution in [0.5, 0.6) is 0 Å². The second kappa shape index (κ2) is 2.67. The van der Waals surface area contributed by atoms with Crippen LogP contribution in [0, 0.1) is 0 Å². The molecular weight excluding hydrogens is 157 g/mol. The quantitative estimate of drug-likeness (QED) is 0.622. The first-order valence-corrected chi connectivity index (χ1v) is 4.58. The van der Waals surface area contributed by atoms with Gasteiger partial charge in [-0.1, -0.05) is 0 Å². The lowest BCUT2D eigenvalue weighted by molar-refractivity contribution is -0.0741. The number of halogens is 1. The van der Waals surface area contributed by atoms with Gasteiger partial charge in [0.15, 0.2) is 0 Å². The van der Waals surface area contributed by atoms with E-state index in [0.717, 1.165) is 6.42 Å². The average molecular weight is 173 g/mol. The van der Waals surface area contributed by atoms with E-state index in [1.165, 1.54) is 0 Å². The van der Waals surface area contributed by atoms with Crippen molar-refractivity contribution in [2.24, 2.45) is 0 Å². The number of methoxy groups -OCH3 is 1. The van der Waals surface area contributed by atoms with Gasteiger partial charge in [-0.25, -0.2) is 4.39 Å². The third kappa shape index (κ3) is 0.995. The Morgan fingerprint density at radius 3 is 2.92 bits per heavy atom. The molecule has 2 saturated heterocycles. The summed E-state index contributed by atoms with van der Waals surface area (Å²) in [4.78, 5) is 2.25. The van der Waals surface area contributed by atoms with E-state index in [1.807, 2.05) is 0 Å². The molecule has 12 heavy (non-hydrogen) atoms. The second-order valence-electron chi connectivity index (χ2n) is 4.16. The minimum atomic E-state index is -0.634. The Morgan fingerprint density at radius 2 is 2.33 bits per heavy atom. The molecule has 3 atom stereocenters. The van der Waals surface area contributed by atoms with E-state index in [4.69, 9.17) is 4.74 Å². The van der Waals surface area contributed by atoms with Crippen LogP contribution in [0.25, 0.3) is 0 Å². The largest absolute Gasteiger partial charge is 0.383 e. The highest BCUT2D eigenvalue weighted by atomic mass is 19.1. The molecule has 0 radical (unpaired) electrons. The molecule has 0 N–H and O–H groups in total. The van der Waals surface area contributed by atoms with Crippen LogP contribution < -0.4 is 0 Å². The molecule has 2 aliphatic rings. The smallest absolute Gasteiger partial charge is 0.115 e. The predicted octanol–water partition coefficient (Wildman–Crippen LogP) is 1.21. The van der Waals surface area contributed by atoms with E-state index in [-0.39, 0.29) is 5.54 Å². The fourth-order valence-corrected chi connectivity index (χ4v) is 2.87. The number of ether oxygens (including phenoxy) is 1. The summed E-state index contributed by atoms with van der Waals surface area (Å²) in [6, 6.07) is 0.556. The van der Waals surface area contributed by atoms with Crippen LogP contribution in [0.2, 0.25) is 0 Å². The van der Waals surface area contributed by atoms with Crippen molar-refractivity contribution in [3.63, 3.8) is 0 Å². The van der Waals surface area contributed by atoms with Crippen molar-refractivity contribution >= 4 is 0 Å². The topological polar surface area (TPSA) is 12.5 Å². The summed E-state index contributed by atoms with van der Waals surface area (Å²) in [7, 11) is 1.70. The first kappa shape index (κ1) is 8.45. The van der Waals surface area contributed by atoms with Crippen LogP contribution in [-0.2, 0) is 4.74 Å². The van der Waals surface area contributed by atoms with Crippen LogP contribution in [0.3, 0.4) is 0 Å². The molecule has 0 aromatic rings. The molecule has 0 spiro atoms. The Labute approximate surface area is 72.7 Å². The Hall–Kier alpha value is -0.150. The standard InChI is InChI=1S/C9H16FNO/c1-7-3-9(6-12-2)4-8(10)5-11(7)9/h7-8H,3-6H2,1-2H3/t7-,8+,9+/m1/s1. The van der Waals surface area contributed by atoms with Gasteiger partial charge >= 0.3 is 0 Å². The molecule has 0 aromatic carbocycles. The van der Waals surface area contributed by atoms with E-state index in [0.29, 0.717) is 25.6 Å². The van der Waals surface area contributed by atoms with Crippen molar-refractivity contribution in [3.8, 4) is 0 Å². The van der Waals surface area contributed by atoms with Gasteiger partial charge in [-0.05, 0) is 13.3 Å². The molecule has 0 unspecified atom stereocenters. The normalized spacial score (nSPS) is 47.2. The van der Waals surface area contributed by atoms with Crippen molar-refractivity contribution in [2.75, 3.05) is 20.3 Å². The monoisotopic (exact) mass is 173 g/mol. The van der Waals surface area contributed by atoms with Gasteiger partial charge in [0.1, 0.15) is 6.17 Å². The second-order valence-corrected chi connectivity index (χ2v) is 4.16.